The summed E-state index contributed by atoms with van der Waals surface area (Å²) in [5.74, 6) is -1.34. The summed E-state index contributed by atoms with van der Waals surface area (Å²) in [5.41, 5.74) is 6.14. The van der Waals surface area contributed by atoms with E-state index in [0.29, 0.717) is 12.1 Å². The molecule has 2 amide bonds. The second-order valence-electron chi connectivity index (χ2n) is 8.14. The minimum Gasteiger partial charge on any atom is -0.444 e. The van der Waals surface area contributed by atoms with Crippen LogP contribution in [0.5, 0.6) is 0 Å². The fourth-order valence-electron chi connectivity index (χ4n) is 3.21. The molecule has 11 heteroatoms. The van der Waals surface area contributed by atoms with Crippen LogP contribution in [-0.4, -0.2) is 21.6 Å². The molecule has 2 aromatic heterocycles. The number of hydrogen-bond acceptors (Lipinski definition) is 6. The predicted octanol–water partition coefficient (Wildman–Crippen LogP) is 4.20. The van der Waals surface area contributed by atoms with Gasteiger partial charge in [0.2, 0.25) is 5.91 Å². The van der Waals surface area contributed by atoms with Gasteiger partial charge in [-0.25, -0.2) is 9.18 Å². The molecule has 0 aliphatic heterocycles. The van der Waals surface area contributed by atoms with E-state index >= 15 is 0 Å². The van der Waals surface area contributed by atoms with Crippen molar-refractivity contribution in [2.75, 3.05) is 16.4 Å². The van der Waals surface area contributed by atoms with Crippen molar-refractivity contribution >= 4 is 40.7 Å². The molecule has 0 bridgehead atoms. The minimum absolute atomic E-state index is 0.00851. The second kappa shape index (κ2) is 11.5. The van der Waals surface area contributed by atoms with Gasteiger partial charge in [0.1, 0.15) is 29.7 Å². The average Bonchev–Trinajstić information content (AvgIpc) is 2.82. The zero-order chi connectivity index (χ0) is 25.5. The van der Waals surface area contributed by atoms with Crippen LogP contribution in [0.4, 0.5) is 26.2 Å². The number of nitrogens with two attached hydrogens (primary N) is 1. The molecule has 2 heterocycles. The fourth-order valence-corrected chi connectivity index (χ4v) is 3.41. The van der Waals surface area contributed by atoms with Crippen molar-refractivity contribution in [1.29, 1.82) is 0 Å². The summed E-state index contributed by atoms with van der Waals surface area (Å²) in [7, 11) is 0. The van der Waals surface area contributed by atoms with Gasteiger partial charge in [-0.05, 0) is 30.0 Å². The first kappa shape index (κ1) is 25.7. The predicted molar refractivity (Wildman–Crippen MR) is 132 cm³/mol. The van der Waals surface area contributed by atoms with Crippen LogP contribution in [0, 0.1) is 11.7 Å². The molecule has 1 aromatic carbocycles. The molecule has 9 nitrogen and oxygen atoms in total. The molecule has 0 radical (unpaired) electrons. The molecule has 4 N–H and O–H groups in total. The van der Waals surface area contributed by atoms with Crippen molar-refractivity contribution in [2.45, 2.75) is 33.4 Å². The molecule has 0 aliphatic carbocycles. The van der Waals surface area contributed by atoms with Crippen molar-refractivity contribution in [3.8, 4) is 0 Å². The Labute approximate surface area is 206 Å². The number of benzene rings is 1. The van der Waals surface area contributed by atoms with Gasteiger partial charge < -0.3 is 15.8 Å². The Bertz CT molecular complexity index is 1280. The molecule has 3 rings (SSSR count). The highest BCUT2D eigenvalue weighted by Gasteiger charge is 2.18. The average molecular weight is 502 g/mol. The molecule has 35 heavy (non-hydrogen) atoms. The Morgan fingerprint density at radius 2 is 1.89 bits per heavy atom. The van der Waals surface area contributed by atoms with Gasteiger partial charge in [-0.3, -0.25) is 24.5 Å². The highest BCUT2D eigenvalue weighted by molar-refractivity contribution is 6.29. The Balaban J connectivity index is 1.72. The Morgan fingerprint density at radius 3 is 2.57 bits per heavy atom. The highest BCUT2D eigenvalue weighted by Crippen LogP contribution is 2.26. The number of nitrogens with zero attached hydrogens (tertiary/aromatic N) is 2. The summed E-state index contributed by atoms with van der Waals surface area (Å²) < 4.78 is 20.3. The van der Waals surface area contributed by atoms with E-state index in [0.717, 1.165) is 16.3 Å². The monoisotopic (exact) mass is 501 g/mol. The summed E-state index contributed by atoms with van der Waals surface area (Å²) in [6, 6.07) is 11.6. The van der Waals surface area contributed by atoms with Crippen molar-refractivity contribution in [3.63, 3.8) is 0 Å². The number of nitrogen functional groups attached to an aromatic ring is 1. The van der Waals surface area contributed by atoms with Crippen molar-refractivity contribution < 1.29 is 18.7 Å². The fraction of sp³-hybridized carbons (Fsp3) is 0.250. The number of carbonyl (C=O) groups is 2. The maximum Gasteiger partial charge on any atom is 0.412 e. The first-order valence-electron chi connectivity index (χ1n) is 10.8. The van der Waals surface area contributed by atoms with Gasteiger partial charge in [0.05, 0.1) is 17.6 Å². The van der Waals surface area contributed by atoms with Crippen molar-refractivity contribution in [3.05, 3.63) is 81.2 Å². The van der Waals surface area contributed by atoms with Crippen LogP contribution in [-0.2, 0) is 29.1 Å². The molecule has 0 aliphatic rings. The smallest absolute Gasteiger partial charge is 0.412 e. The molecular weight excluding hydrogens is 477 g/mol. The zero-order valence-corrected chi connectivity index (χ0v) is 19.9. The number of nitrogens with one attached hydrogen (secondary N) is 2. The minimum atomic E-state index is -0.853. The SMILES string of the molecule is CC(C)Cc1ncc(F)c(NC(=O)Cn2c(Cl)ccc(NC(=O)OCc3ccccc3)c2=O)c1N. The maximum absolute atomic E-state index is 14.3. The zero-order valence-electron chi connectivity index (χ0n) is 19.2. The first-order valence-corrected chi connectivity index (χ1v) is 11.1. The standard InChI is InChI=1S/C24H25ClFN5O4/c1-14(2)10-18-21(27)22(16(26)11-28-18)30-20(32)12-31-19(25)9-8-17(23(31)33)29-24(34)35-13-15-6-4-3-5-7-15/h3-9,11,14H,10,12-13,27H2,1-2H3,(H,29,34)(H,28,30,32). The molecule has 0 unspecified atom stereocenters. The Kier molecular flexibility index (Phi) is 8.43. The summed E-state index contributed by atoms with van der Waals surface area (Å²) in [6.45, 7) is 3.37. The number of anilines is 3. The summed E-state index contributed by atoms with van der Waals surface area (Å²) >= 11 is 6.10. The van der Waals surface area contributed by atoms with Crippen LogP contribution >= 0.6 is 11.6 Å². The van der Waals surface area contributed by atoms with E-state index in [1.165, 1.54) is 12.1 Å². The Hall–Kier alpha value is -3.92. The van der Waals surface area contributed by atoms with E-state index in [4.69, 9.17) is 22.1 Å². The summed E-state index contributed by atoms with van der Waals surface area (Å²) in [6.07, 6.45) is 0.622. The lowest BCUT2D eigenvalue weighted by atomic mass is 10.1. The van der Waals surface area contributed by atoms with Gasteiger partial charge >= 0.3 is 6.09 Å². The highest BCUT2D eigenvalue weighted by atomic mass is 35.5. The number of ether oxygens (including phenoxy) is 1. The molecule has 0 spiro atoms. The van der Waals surface area contributed by atoms with Crippen LogP contribution in [0.3, 0.4) is 0 Å². The lowest BCUT2D eigenvalue weighted by molar-refractivity contribution is -0.116. The number of halogens is 2. The molecule has 0 saturated heterocycles. The van der Waals surface area contributed by atoms with Crippen molar-refractivity contribution in [1.82, 2.24) is 9.55 Å². The quantitative estimate of drug-likeness (QED) is 0.397. The van der Waals surface area contributed by atoms with Gasteiger partial charge in [0.25, 0.3) is 5.56 Å². The van der Waals surface area contributed by atoms with E-state index in [2.05, 4.69) is 15.6 Å². The van der Waals surface area contributed by atoms with Gasteiger partial charge in [-0.15, -0.1) is 0 Å². The number of aromatic nitrogens is 2. The third-order valence-corrected chi connectivity index (χ3v) is 5.22. The molecular formula is C24H25ClFN5O4. The van der Waals surface area contributed by atoms with Crippen LogP contribution < -0.4 is 21.9 Å². The maximum atomic E-state index is 14.3. The lowest BCUT2D eigenvalue weighted by Crippen LogP contribution is -2.31. The molecule has 0 fully saturated rings. The second-order valence-corrected chi connectivity index (χ2v) is 8.52. The largest absolute Gasteiger partial charge is 0.444 e. The van der Waals surface area contributed by atoms with Gasteiger partial charge in [-0.2, -0.15) is 0 Å². The van der Waals surface area contributed by atoms with Crippen LogP contribution in [0.25, 0.3) is 0 Å². The number of hydrogen-bond donors (Lipinski definition) is 3. The lowest BCUT2D eigenvalue weighted by Gasteiger charge is -2.15. The van der Waals surface area contributed by atoms with E-state index < -0.39 is 29.9 Å². The van der Waals surface area contributed by atoms with E-state index in [1.54, 1.807) is 24.3 Å². The Morgan fingerprint density at radius 1 is 1.17 bits per heavy atom. The molecule has 0 atom stereocenters. The van der Waals surface area contributed by atoms with E-state index in [1.807, 2.05) is 19.9 Å². The summed E-state index contributed by atoms with van der Waals surface area (Å²) in [5, 5.41) is 4.67. The normalized spacial score (nSPS) is 10.8. The number of rotatable bonds is 8. The molecule has 184 valence electrons. The molecule has 3 aromatic rings. The number of amides is 2. The van der Waals surface area contributed by atoms with Gasteiger partial charge in [0.15, 0.2) is 5.82 Å². The third-order valence-electron chi connectivity index (χ3n) is 4.89. The van der Waals surface area contributed by atoms with Gasteiger partial charge in [0, 0.05) is 0 Å². The van der Waals surface area contributed by atoms with E-state index in [9.17, 15) is 18.8 Å². The third kappa shape index (κ3) is 6.80. The van der Waals surface area contributed by atoms with E-state index in [-0.39, 0.29) is 34.7 Å². The molecule has 0 saturated carbocycles. The summed E-state index contributed by atoms with van der Waals surface area (Å²) in [4.78, 5) is 41.6. The van der Waals surface area contributed by atoms with Crippen molar-refractivity contribution in [2.24, 2.45) is 5.92 Å². The first-order chi connectivity index (χ1) is 16.7. The number of pyridine rings is 2. The van der Waals surface area contributed by atoms with Crippen LogP contribution in [0.2, 0.25) is 5.15 Å². The number of carbonyl (C=O) groups excluding carboxylic acids is 2. The van der Waals surface area contributed by atoms with Gasteiger partial charge in [-0.1, -0.05) is 55.8 Å². The topological polar surface area (TPSA) is 128 Å². The van der Waals surface area contributed by atoms with Crippen LogP contribution in [0.15, 0.2) is 53.5 Å². The van der Waals surface area contributed by atoms with Crippen LogP contribution in [0.1, 0.15) is 25.1 Å².